The van der Waals surface area contributed by atoms with Crippen LogP contribution in [0.5, 0.6) is 5.75 Å². The van der Waals surface area contributed by atoms with Gasteiger partial charge in [0.2, 0.25) is 0 Å². The number of para-hydroxylation sites is 1. The van der Waals surface area contributed by atoms with E-state index in [0.29, 0.717) is 0 Å². The summed E-state index contributed by atoms with van der Waals surface area (Å²) in [6.07, 6.45) is 1.85. The van der Waals surface area contributed by atoms with Gasteiger partial charge in [-0.3, -0.25) is 9.59 Å². The second kappa shape index (κ2) is 8.84. The van der Waals surface area contributed by atoms with Gasteiger partial charge in [-0.05, 0) is 37.5 Å². The minimum absolute atomic E-state index is 0.0725. The summed E-state index contributed by atoms with van der Waals surface area (Å²) in [6.45, 7) is 2.09. The summed E-state index contributed by atoms with van der Waals surface area (Å²) in [4.78, 5) is 23.2. The highest BCUT2D eigenvalue weighted by Crippen LogP contribution is 2.17. The minimum Gasteiger partial charge on any atom is -0.425 e. The number of hydrogen-bond acceptors (Lipinski definition) is 4. The molecule has 24 heavy (non-hydrogen) atoms. The molecule has 0 aliphatic rings. The van der Waals surface area contributed by atoms with E-state index in [9.17, 15) is 9.59 Å². The maximum atomic E-state index is 11.9. The van der Waals surface area contributed by atoms with E-state index < -0.39 is 11.9 Å². The second-order valence-electron chi connectivity index (χ2n) is 5.64. The molecule has 5 nitrogen and oxygen atoms in total. The summed E-state index contributed by atoms with van der Waals surface area (Å²) < 4.78 is 5.22. The number of primary amides is 1. The molecule has 0 bridgehead atoms. The summed E-state index contributed by atoms with van der Waals surface area (Å²) in [7, 11) is 0. The minimum atomic E-state index is -0.623. The molecule has 0 radical (unpaired) electrons. The van der Waals surface area contributed by atoms with Crippen molar-refractivity contribution < 1.29 is 14.3 Å². The standard InChI is InChI=1S/C19H22N2O3/c1-14(11-12-15-7-3-2-4-8-15)21-13-18(22)24-17-10-6-5-9-16(17)19(20)23/h2-10,14,21H,11-13H2,1H3,(H2,20,23)/t14-/m1/s1. The SMILES string of the molecule is C[C@H](CCc1ccccc1)NCC(=O)Oc1ccccc1C(N)=O. The van der Waals surface area contributed by atoms with Crippen molar-refractivity contribution in [3.63, 3.8) is 0 Å². The quantitative estimate of drug-likeness (QED) is 0.576. The maximum absolute atomic E-state index is 11.9. The van der Waals surface area contributed by atoms with Gasteiger partial charge in [0, 0.05) is 6.04 Å². The Bertz CT molecular complexity index is 686. The van der Waals surface area contributed by atoms with Crippen molar-refractivity contribution in [2.45, 2.75) is 25.8 Å². The largest absolute Gasteiger partial charge is 0.425 e. The number of rotatable bonds is 8. The van der Waals surface area contributed by atoms with E-state index in [1.807, 2.05) is 25.1 Å². The zero-order valence-corrected chi connectivity index (χ0v) is 13.7. The normalized spacial score (nSPS) is 11.7. The van der Waals surface area contributed by atoms with Gasteiger partial charge in [0.25, 0.3) is 5.91 Å². The molecule has 5 heteroatoms. The predicted octanol–water partition coefficient (Wildman–Crippen LogP) is 2.30. The van der Waals surface area contributed by atoms with E-state index in [-0.39, 0.29) is 23.9 Å². The van der Waals surface area contributed by atoms with Gasteiger partial charge in [0.15, 0.2) is 0 Å². The molecule has 0 saturated carbocycles. The molecule has 1 atom stereocenters. The van der Waals surface area contributed by atoms with Crippen LogP contribution in [-0.4, -0.2) is 24.5 Å². The van der Waals surface area contributed by atoms with Crippen LogP contribution in [0.25, 0.3) is 0 Å². The number of nitrogens with one attached hydrogen (secondary N) is 1. The number of hydrogen-bond donors (Lipinski definition) is 2. The van der Waals surface area contributed by atoms with Crippen molar-refractivity contribution in [3.05, 3.63) is 65.7 Å². The summed E-state index contributed by atoms with van der Waals surface area (Å²) in [5, 5.41) is 3.13. The highest BCUT2D eigenvalue weighted by atomic mass is 16.5. The molecule has 2 rings (SSSR count). The van der Waals surface area contributed by atoms with E-state index >= 15 is 0 Å². The van der Waals surface area contributed by atoms with Crippen LogP contribution in [0.3, 0.4) is 0 Å². The molecule has 1 amide bonds. The lowest BCUT2D eigenvalue weighted by Crippen LogP contribution is -2.34. The summed E-state index contributed by atoms with van der Waals surface area (Å²) in [5.41, 5.74) is 6.73. The van der Waals surface area contributed by atoms with E-state index in [1.165, 1.54) is 11.6 Å². The first-order valence-electron chi connectivity index (χ1n) is 7.93. The van der Waals surface area contributed by atoms with Crippen LogP contribution in [0, 0.1) is 0 Å². The Morgan fingerprint density at radius 3 is 2.46 bits per heavy atom. The third-order valence-electron chi connectivity index (χ3n) is 3.68. The molecular weight excluding hydrogens is 304 g/mol. The molecule has 126 valence electrons. The second-order valence-corrected chi connectivity index (χ2v) is 5.64. The fraction of sp³-hybridized carbons (Fsp3) is 0.263. The topological polar surface area (TPSA) is 81.4 Å². The van der Waals surface area contributed by atoms with E-state index in [0.717, 1.165) is 12.8 Å². The average Bonchev–Trinajstić information content (AvgIpc) is 2.59. The van der Waals surface area contributed by atoms with Crippen molar-refractivity contribution >= 4 is 11.9 Å². The zero-order valence-electron chi connectivity index (χ0n) is 13.7. The molecule has 0 spiro atoms. The van der Waals surface area contributed by atoms with Gasteiger partial charge in [-0.25, -0.2) is 0 Å². The first-order valence-corrected chi connectivity index (χ1v) is 7.93. The van der Waals surface area contributed by atoms with Gasteiger partial charge in [-0.2, -0.15) is 0 Å². The van der Waals surface area contributed by atoms with Gasteiger partial charge < -0.3 is 15.8 Å². The Kier molecular flexibility index (Phi) is 6.51. The Balaban J connectivity index is 1.78. The van der Waals surface area contributed by atoms with Crippen molar-refractivity contribution in [1.82, 2.24) is 5.32 Å². The molecule has 0 fully saturated rings. The Morgan fingerprint density at radius 2 is 1.75 bits per heavy atom. The molecule has 2 aromatic carbocycles. The smallest absolute Gasteiger partial charge is 0.325 e. The van der Waals surface area contributed by atoms with Gasteiger partial charge in [-0.1, -0.05) is 42.5 Å². The van der Waals surface area contributed by atoms with Gasteiger partial charge in [0.1, 0.15) is 5.75 Å². The molecular formula is C19H22N2O3. The number of aryl methyl sites for hydroxylation is 1. The lowest BCUT2D eigenvalue weighted by molar-refractivity contribution is -0.133. The lowest BCUT2D eigenvalue weighted by Gasteiger charge is -2.14. The number of carbonyl (C=O) groups is 2. The van der Waals surface area contributed by atoms with Crippen LogP contribution in [0.1, 0.15) is 29.3 Å². The van der Waals surface area contributed by atoms with E-state index in [4.69, 9.17) is 10.5 Å². The van der Waals surface area contributed by atoms with E-state index in [2.05, 4.69) is 17.4 Å². The van der Waals surface area contributed by atoms with Crippen molar-refractivity contribution in [2.24, 2.45) is 5.73 Å². The lowest BCUT2D eigenvalue weighted by atomic mass is 10.1. The maximum Gasteiger partial charge on any atom is 0.325 e. The molecule has 2 aromatic rings. The predicted molar refractivity (Wildman–Crippen MR) is 92.8 cm³/mol. The highest BCUT2D eigenvalue weighted by molar-refractivity contribution is 5.96. The third-order valence-corrected chi connectivity index (χ3v) is 3.68. The fourth-order valence-electron chi connectivity index (χ4n) is 2.31. The number of benzene rings is 2. The summed E-state index contributed by atoms with van der Waals surface area (Å²) in [5.74, 6) is -0.883. The molecule has 0 unspecified atom stereocenters. The summed E-state index contributed by atoms with van der Waals surface area (Å²) in [6, 6.07) is 16.8. The van der Waals surface area contributed by atoms with Crippen LogP contribution >= 0.6 is 0 Å². The summed E-state index contributed by atoms with van der Waals surface area (Å²) >= 11 is 0. The van der Waals surface area contributed by atoms with Crippen LogP contribution in [0.2, 0.25) is 0 Å². The molecule has 0 aliphatic carbocycles. The van der Waals surface area contributed by atoms with Crippen LogP contribution in [-0.2, 0) is 11.2 Å². The van der Waals surface area contributed by atoms with Crippen molar-refractivity contribution in [2.75, 3.05) is 6.54 Å². The molecule has 0 heterocycles. The molecule has 0 aromatic heterocycles. The Morgan fingerprint density at radius 1 is 1.08 bits per heavy atom. The van der Waals surface area contributed by atoms with Crippen molar-refractivity contribution in [1.29, 1.82) is 0 Å². The number of esters is 1. The molecule has 3 N–H and O–H groups in total. The average molecular weight is 326 g/mol. The van der Waals surface area contributed by atoms with Crippen molar-refractivity contribution in [3.8, 4) is 5.75 Å². The number of nitrogens with two attached hydrogens (primary N) is 1. The molecule has 0 aliphatic heterocycles. The Labute approximate surface area is 141 Å². The van der Waals surface area contributed by atoms with Gasteiger partial charge in [-0.15, -0.1) is 0 Å². The molecule has 0 saturated heterocycles. The first-order chi connectivity index (χ1) is 11.6. The number of amides is 1. The Hall–Kier alpha value is -2.66. The van der Waals surface area contributed by atoms with Crippen LogP contribution in [0.4, 0.5) is 0 Å². The van der Waals surface area contributed by atoms with Crippen LogP contribution in [0.15, 0.2) is 54.6 Å². The zero-order chi connectivity index (χ0) is 17.4. The first kappa shape index (κ1) is 17.7. The number of carbonyl (C=O) groups excluding carboxylic acids is 2. The van der Waals surface area contributed by atoms with E-state index in [1.54, 1.807) is 18.2 Å². The number of ether oxygens (including phenoxy) is 1. The van der Waals surface area contributed by atoms with Crippen LogP contribution < -0.4 is 15.8 Å². The highest BCUT2D eigenvalue weighted by Gasteiger charge is 2.13. The van der Waals surface area contributed by atoms with Gasteiger partial charge in [0.05, 0.1) is 12.1 Å². The fourth-order valence-corrected chi connectivity index (χ4v) is 2.31. The third kappa shape index (κ3) is 5.52. The monoisotopic (exact) mass is 326 g/mol. The van der Waals surface area contributed by atoms with Gasteiger partial charge >= 0.3 is 5.97 Å².